The lowest BCUT2D eigenvalue weighted by molar-refractivity contribution is 0.0264. The average molecular weight is 442 g/mol. The van der Waals surface area contributed by atoms with E-state index in [0.29, 0.717) is 42.6 Å². The summed E-state index contributed by atoms with van der Waals surface area (Å²) in [5, 5.41) is 6.66. The highest BCUT2D eigenvalue weighted by molar-refractivity contribution is 7.09. The normalized spacial score (nSPS) is 14.4. The summed E-state index contributed by atoms with van der Waals surface area (Å²) in [7, 11) is 5.04. The Kier molecular flexibility index (Phi) is 6.58. The minimum atomic E-state index is -0.0246. The number of rotatable bonds is 7. The topological polar surface area (TPSA) is 65.8 Å². The Bertz CT molecular complexity index is 1030. The van der Waals surface area contributed by atoms with Crippen LogP contribution in [-0.4, -0.2) is 54.1 Å². The Morgan fingerprint density at radius 1 is 1.23 bits per heavy atom. The fraction of sp³-hybridized carbons (Fsp3) is 0.391. The molecule has 7 nitrogen and oxygen atoms in total. The van der Waals surface area contributed by atoms with Crippen molar-refractivity contribution >= 4 is 17.2 Å². The van der Waals surface area contributed by atoms with Gasteiger partial charge in [-0.1, -0.05) is 6.07 Å². The Morgan fingerprint density at radius 2 is 2.03 bits per heavy atom. The van der Waals surface area contributed by atoms with Crippen molar-refractivity contribution in [2.45, 2.75) is 25.4 Å². The molecule has 1 aliphatic rings. The number of hydrogen-bond donors (Lipinski definition) is 0. The number of carbonyl (C=O) groups is 1. The van der Waals surface area contributed by atoms with Gasteiger partial charge < -0.3 is 19.1 Å². The molecule has 164 valence electrons. The van der Waals surface area contributed by atoms with Crippen molar-refractivity contribution in [3.8, 4) is 22.8 Å². The van der Waals surface area contributed by atoms with Crippen LogP contribution < -0.4 is 9.47 Å². The largest absolute Gasteiger partial charge is 0.497 e. The molecule has 0 unspecified atom stereocenters. The first-order valence-corrected chi connectivity index (χ1v) is 11.2. The second-order valence-corrected chi connectivity index (χ2v) is 8.49. The maximum absolute atomic E-state index is 13.7. The van der Waals surface area contributed by atoms with Crippen LogP contribution in [0.3, 0.4) is 0 Å². The van der Waals surface area contributed by atoms with Crippen LogP contribution in [0.5, 0.6) is 11.5 Å². The van der Waals surface area contributed by atoms with E-state index in [-0.39, 0.29) is 11.9 Å². The third-order valence-electron chi connectivity index (χ3n) is 5.58. The fourth-order valence-corrected chi connectivity index (χ4v) is 4.60. The van der Waals surface area contributed by atoms with E-state index in [9.17, 15) is 4.79 Å². The summed E-state index contributed by atoms with van der Waals surface area (Å²) in [6.07, 6.45) is 1.68. The highest BCUT2D eigenvalue weighted by Gasteiger charge is 2.29. The molecule has 0 N–H and O–H groups in total. The van der Waals surface area contributed by atoms with E-state index in [1.807, 2.05) is 40.6 Å². The minimum absolute atomic E-state index is 0.0246. The number of amides is 1. The monoisotopic (exact) mass is 441 g/mol. The molecule has 31 heavy (non-hydrogen) atoms. The minimum Gasteiger partial charge on any atom is -0.497 e. The van der Waals surface area contributed by atoms with Crippen molar-refractivity contribution in [1.29, 1.82) is 0 Å². The molecule has 0 aliphatic carbocycles. The summed E-state index contributed by atoms with van der Waals surface area (Å²) in [4.78, 5) is 16.8. The maximum Gasteiger partial charge on any atom is 0.272 e. The van der Waals surface area contributed by atoms with Gasteiger partial charge in [-0.05, 0) is 48.6 Å². The lowest BCUT2D eigenvalue weighted by Crippen LogP contribution is -2.43. The number of nitrogens with zero attached hydrogens (tertiary/aromatic N) is 3. The number of aromatic nitrogens is 2. The molecule has 3 aromatic rings. The van der Waals surface area contributed by atoms with Gasteiger partial charge in [-0.2, -0.15) is 5.10 Å². The van der Waals surface area contributed by atoms with Crippen LogP contribution in [0.4, 0.5) is 0 Å². The summed E-state index contributed by atoms with van der Waals surface area (Å²) >= 11 is 1.67. The number of hydrogen-bond acceptors (Lipinski definition) is 6. The standard InChI is InChI=1S/C23H27N3O4S/c1-25-21(14-20(24-25)19-13-17(28-2)6-7-22(19)29-3)23(27)26(15-18-5-4-12-31-18)16-8-10-30-11-9-16/h4-7,12-14,16H,8-11,15H2,1-3H3. The molecule has 0 spiro atoms. The van der Waals surface area contributed by atoms with Crippen molar-refractivity contribution in [3.63, 3.8) is 0 Å². The number of methoxy groups -OCH3 is 2. The van der Waals surface area contributed by atoms with E-state index in [1.165, 1.54) is 0 Å². The van der Waals surface area contributed by atoms with E-state index < -0.39 is 0 Å². The summed E-state index contributed by atoms with van der Waals surface area (Å²) in [6.45, 7) is 1.94. The van der Waals surface area contributed by atoms with Crippen LogP contribution in [-0.2, 0) is 18.3 Å². The molecule has 8 heteroatoms. The maximum atomic E-state index is 13.7. The van der Waals surface area contributed by atoms with E-state index in [2.05, 4.69) is 11.2 Å². The van der Waals surface area contributed by atoms with E-state index in [0.717, 1.165) is 23.3 Å². The van der Waals surface area contributed by atoms with Crippen molar-refractivity contribution in [2.24, 2.45) is 7.05 Å². The van der Waals surface area contributed by atoms with Gasteiger partial charge >= 0.3 is 0 Å². The predicted octanol–water partition coefficient (Wildman–Crippen LogP) is 3.99. The van der Waals surface area contributed by atoms with E-state index >= 15 is 0 Å². The van der Waals surface area contributed by atoms with Crippen molar-refractivity contribution in [2.75, 3.05) is 27.4 Å². The zero-order chi connectivity index (χ0) is 21.8. The van der Waals surface area contributed by atoms with Gasteiger partial charge in [0, 0.05) is 36.7 Å². The third kappa shape index (κ3) is 4.60. The van der Waals surface area contributed by atoms with Gasteiger partial charge in [-0.3, -0.25) is 9.48 Å². The van der Waals surface area contributed by atoms with Crippen LogP contribution >= 0.6 is 11.3 Å². The van der Waals surface area contributed by atoms with Gasteiger partial charge in [0.25, 0.3) is 5.91 Å². The summed E-state index contributed by atoms with van der Waals surface area (Å²) in [5.74, 6) is 1.36. The van der Waals surface area contributed by atoms with Gasteiger partial charge in [0.05, 0.1) is 26.5 Å². The zero-order valence-corrected chi connectivity index (χ0v) is 18.9. The van der Waals surface area contributed by atoms with Gasteiger partial charge in [0.2, 0.25) is 0 Å². The Hall–Kier alpha value is -2.84. The molecule has 1 saturated heterocycles. The van der Waals surface area contributed by atoms with E-state index in [4.69, 9.17) is 14.2 Å². The Labute approximate surface area is 186 Å². The molecule has 0 atom stereocenters. The molecular weight excluding hydrogens is 414 g/mol. The number of benzene rings is 1. The number of carbonyl (C=O) groups excluding carboxylic acids is 1. The highest BCUT2D eigenvalue weighted by Crippen LogP contribution is 2.33. The Morgan fingerprint density at radius 3 is 2.71 bits per heavy atom. The first-order chi connectivity index (χ1) is 15.1. The van der Waals surface area contributed by atoms with Crippen molar-refractivity contribution in [3.05, 3.63) is 52.3 Å². The lowest BCUT2D eigenvalue weighted by Gasteiger charge is -2.34. The molecule has 1 aromatic carbocycles. The smallest absolute Gasteiger partial charge is 0.272 e. The summed E-state index contributed by atoms with van der Waals surface area (Å²) in [6, 6.07) is 11.6. The second-order valence-electron chi connectivity index (χ2n) is 7.46. The molecule has 2 aromatic heterocycles. The second kappa shape index (κ2) is 9.53. The zero-order valence-electron chi connectivity index (χ0n) is 18.0. The molecule has 1 amide bonds. The van der Waals surface area contributed by atoms with E-state index in [1.54, 1.807) is 37.3 Å². The van der Waals surface area contributed by atoms with Gasteiger partial charge in [0.15, 0.2) is 0 Å². The van der Waals surface area contributed by atoms with Crippen LogP contribution in [0.25, 0.3) is 11.3 Å². The Balaban J connectivity index is 1.68. The van der Waals surface area contributed by atoms with Crippen LogP contribution in [0.1, 0.15) is 28.2 Å². The summed E-state index contributed by atoms with van der Waals surface area (Å²) < 4.78 is 18.0. The first kappa shape index (κ1) is 21.4. The molecule has 1 fully saturated rings. The molecule has 3 heterocycles. The molecular formula is C23H27N3O4S. The number of ether oxygens (including phenoxy) is 3. The van der Waals surface area contributed by atoms with Crippen LogP contribution in [0.2, 0.25) is 0 Å². The molecule has 1 aliphatic heterocycles. The van der Waals surface area contributed by atoms with Gasteiger partial charge in [0.1, 0.15) is 17.2 Å². The average Bonchev–Trinajstić information content (AvgIpc) is 3.46. The first-order valence-electron chi connectivity index (χ1n) is 10.3. The number of aryl methyl sites for hydroxylation is 1. The van der Waals surface area contributed by atoms with Gasteiger partial charge in [-0.15, -0.1) is 11.3 Å². The SMILES string of the molecule is COc1ccc(OC)c(-c2cc(C(=O)N(Cc3cccs3)C3CCOCC3)n(C)n2)c1. The molecule has 0 radical (unpaired) electrons. The predicted molar refractivity (Wildman–Crippen MR) is 120 cm³/mol. The van der Waals surface area contributed by atoms with Crippen LogP contribution in [0, 0.1) is 0 Å². The molecule has 0 bridgehead atoms. The van der Waals surface area contributed by atoms with Crippen molar-refractivity contribution < 1.29 is 19.0 Å². The lowest BCUT2D eigenvalue weighted by atomic mass is 10.1. The summed E-state index contributed by atoms with van der Waals surface area (Å²) in [5.41, 5.74) is 2.00. The molecule has 4 rings (SSSR count). The molecule has 0 saturated carbocycles. The van der Waals surface area contributed by atoms with Gasteiger partial charge in [-0.25, -0.2) is 0 Å². The fourth-order valence-electron chi connectivity index (χ4n) is 3.89. The van der Waals surface area contributed by atoms with Crippen molar-refractivity contribution in [1.82, 2.24) is 14.7 Å². The quantitative estimate of drug-likeness (QED) is 0.555. The van der Waals surface area contributed by atoms with Crippen LogP contribution in [0.15, 0.2) is 41.8 Å². The number of thiophene rings is 1. The highest BCUT2D eigenvalue weighted by atomic mass is 32.1. The third-order valence-corrected chi connectivity index (χ3v) is 6.44.